The average molecular weight is 185 g/mol. The van der Waals surface area contributed by atoms with Gasteiger partial charge in [0.15, 0.2) is 0 Å². The van der Waals surface area contributed by atoms with E-state index in [2.05, 4.69) is 25.7 Å². The number of hydrogen-bond acceptors (Lipinski definition) is 2. The van der Waals surface area contributed by atoms with Crippen molar-refractivity contribution in [3.8, 4) is 0 Å². The van der Waals surface area contributed by atoms with Gasteiger partial charge in [0.05, 0.1) is 6.10 Å². The first-order chi connectivity index (χ1) is 6.15. The number of ether oxygens (including phenoxy) is 1. The van der Waals surface area contributed by atoms with E-state index >= 15 is 0 Å². The Morgan fingerprint density at radius 1 is 1.31 bits per heavy atom. The number of hydrogen-bond donors (Lipinski definition) is 0. The smallest absolute Gasteiger partial charge is 0.0583 e. The zero-order valence-electron chi connectivity index (χ0n) is 9.42. The van der Waals surface area contributed by atoms with Crippen LogP contribution in [-0.2, 0) is 4.74 Å². The highest BCUT2D eigenvalue weighted by Crippen LogP contribution is 2.22. The van der Waals surface area contributed by atoms with Crippen molar-refractivity contribution >= 4 is 0 Å². The van der Waals surface area contributed by atoms with Crippen LogP contribution in [0.2, 0.25) is 0 Å². The summed E-state index contributed by atoms with van der Waals surface area (Å²) in [6.07, 6.45) is 3.08. The molecule has 1 rings (SSSR count). The van der Waals surface area contributed by atoms with Crippen molar-refractivity contribution in [2.75, 3.05) is 20.2 Å². The Kier molecular flexibility index (Phi) is 4.20. The quantitative estimate of drug-likeness (QED) is 0.668. The van der Waals surface area contributed by atoms with E-state index in [-0.39, 0.29) is 0 Å². The van der Waals surface area contributed by atoms with E-state index in [9.17, 15) is 0 Å². The fourth-order valence-electron chi connectivity index (χ4n) is 2.08. The Bertz CT molecular complexity index is 147. The summed E-state index contributed by atoms with van der Waals surface area (Å²) < 4.78 is 5.39. The summed E-state index contributed by atoms with van der Waals surface area (Å²) in [5.41, 5.74) is 0. The van der Waals surface area contributed by atoms with Crippen molar-refractivity contribution in [3.63, 3.8) is 0 Å². The van der Waals surface area contributed by atoms with Crippen LogP contribution < -0.4 is 0 Å². The van der Waals surface area contributed by atoms with E-state index < -0.39 is 0 Å². The van der Waals surface area contributed by atoms with Gasteiger partial charge in [0.2, 0.25) is 0 Å². The Balaban J connectivity index is 2.41. The Morgan fingerprint density at radius 2 is 2.00 bits per heavy atom. The van der Waals surface area contributed by atoms with Crippen LogP contribution in [0, 0.1) is 5.92 Å². The van der Waals surface area contributed by atoms with Crippen molar-refractivity contribution in [3.05, 3.63) is 0 Å². The zero-order chi connectivity index (χ0) is 9.84. The molecule has 0 N–H and O–H groups in total. The van der Waals surface area contributed by atoms with Crippen molar-refractivity contribution in [2.45, 2.75) is 45.8 Å². The second kappa shape index (κ2) is 4.97. The van der Waals surface area contributed by atoms with Gasteiger partial charge < -0.3 is 9.64 Å². The topological polar surface area (TPSA) is 12.5 Å². The number of nitrogens with zero attached hydrogens (tertiary/aromatic N) is 1. The molecule has 0 spiro atoms. The van der Waals surface area contributed by atoms with Crippen molar-refractivity contribution < 1.29 is 4.74 Å². The maximum absolute atomic E-state index is 5.39. The molecule has 0 radical (unpaired) electrons. The summed E-state index contributed by atoms with van der Waals surface area (Å²) in [7, 11) is 1.82. The van der Waals surface area contributed by atoms with Crippen LogP contribution in [-0.4, -0.2) is 37.2 Å². The third-order valence-corrected chi connectivity index (χ3v) is 3.26. The molecule has 13 heavy (non-hydrogen) atoms. The minimum absolute atomic E-state index is 0.418. The van der Waals surface area contributed by atoms with Gasteiger partial charge in [-0.1, -0.05) is 0 Å². The van der Waals surface area contributed by atoms with E-state index in [1.165, 1.54) is 25.9 Å². The SMILES string of the molecule is COC(C)C1CCCN(C(C)C)C1. The predicted molar refractivity (Wildman–Crippen MR) is 55.9 cm³/mol. The highest BCUT2D eigenvalue weighted by molar-refractivity contribution is 4.78. The van der Waals surface area contributed by atoms with E-state index in [0.717, 1.165) is 5.92 Å². The lowest BCUT2D eigenvalue weighted by molar-refractivity contribution is 0.0197. The zero-order valence-corrected chi connectivity index (χ0v) is 9.42. The van der Waals surface area contributed by atoms with Gasteiger partial charge in [-0.15, -0.1) is 0 Å². The van der Waals surface area contributed by atoms with Gasteiger partial charge >= 0.3 is 0 Å². The molecule has 0 aromatic heterocycles. The third kappa shape index (κ3) is 2.96. The Labute approximate surface area is 82.3 Å². The van der Waals surface area contributed by atoms with E-state index in [0.29, 0.717) is 12.1 Å². The van der Waals surface area contributed by atoms with Crippen LogP contribution in [0.3, 0.4) is 0 Å². The fourth-order valence-corrected chi connectivity index (χ4v) is 2.08. The van der Waals surface area contributed by atoms with Gasteiger partial charge in [-0.3, -0.25) is 0 Å². The average Bonchev–Trinajstić information content (AvgIpc) is 2.17. The van der Waals surface area contributed by atoms with Crippen molar-refractivity contribution in [1.82, 2.24) is 4.90 Å². The minimum Gasteiger partial charge on any atom is -0.381 e. The molecule has 1 fully saturated rings. The molecule has 0 bridgehead atoms. The van der Waals surface area contributed by atoms with E-state index in [1.807, 2.05) is 7.11 Å². The molecule has 0 aliphatic carbocycles. The lowest BCUT2D eigenvalue weighted by atomic mass is 9.92. The van der Waals surface area contributed by atoms with Gasteiger partial charge in [0.25, 0.3) is 0 Å². The standard InChI is InChI=1S/C11H23NO/c1-9(2)12-7-5-6-11(8-12)10(3)13-4/h9-11H,5-8H2,1-4H3. The first-order valence-corrected chi connectivity index (χ1v) is 5.42. The molecule has 2 atom stereocenters. The molecule has 1 saturated heterocycles. The second-order valence-corrected chi connectivity index (χ2v) is 4.43. The molecule has 0 amide bonds. The summed E-state index contributed by atoms with van der Waals surface area (Å²) in [4.78, 5) is 2.56. The summed E-state index contributed by atoms with van der Waals surface area (Å²) in [5, 5.41) is 0. The summed E-state index contributed by atoms with van der Waals surface area (Å²) in [6.45, 7) is 9.23. The highest BCUT2D eigenvalue weighted by Gasteiger charge is 2.25. The lowest BCUT2D eigenvalue weighted by Crippen LogP contribution is -2.43. The van der Waals surface area contributed by atoms with Crippen LogP contribution in [0.1, 0.15) is 33.6 Å². The fraction of sp³-hybridized carbons (Fsp3) is 1.00. The maximum atomic E-state index is 5.39. The van der Waals surface area contributed by atoms with Gasteiger partial charge in [-0.25, -0.2) is 0 Å². The van der Waals surface area contributed by atoms with Crippen LogP contribution in [0.5, 0.6) is 0 Å². The molecule has 1 heterocycles. The molecule has 78 valence electrons. The molecule has 1 aliphatic heterocycles. The molecule has 2 heteroatoms. The van der Waals surface area contributed by atoms with Gasteiger partial charge in [-0.05, 0) is 46.1 Å². The van der Waals surface area contributed by atoms with Gasteiger partial charge in [0, 0.05) is 19.7 Å². The maximum Gasteiger partial charge on any atom is 0.0583 e. The molecule has 1 aliphatic rings. The lowest BCUT2D eigenvalue weighted by Gasteiger charge is -2.37. The normalized spacial score (nSPS) is 27.9. The molecule has 2 nitrogen and oxygen atoms in total. The molecule has 0 aromatic carbocycles. The van der Waals surface area contributed by atoms with Crippen molar-refractivity contribution in [1.29, 1.82) is 0 Å². The first-order valence-electron chi connectivity index (χ1n) is 5.42. The van der Waals surface area contributed by atoms with Crippen LogP contribution in [0.4, 0.5) is 0 Å². The number of methoxy groups -OCH3 is 1. The van der Waals surface area contributed by atoms with Crippen molar-refractivity contribution in [2.24, 2.45) is 5.92 Å². The molecular weight excluding hydrogens is 162 g/mol. The second-order valence-electron chi connectivity index (χ2n) is 4.43. The number of likely N-dealkylation sites (tertiary alicyclic amines) is 1. The Hall–Kier alpha value is -0.0800. The highest BCUT2D eigenvalue weighted by atomic mass is 16.5. The van der Waals surface area contributed by atoms with Crippen LogP contribution in [0.15, 0.2) is 0 Å². The first kappa shape index (κ1) is 11.0. The summed E-state index contributed by atoms with van der Waals surface area (Å²) in [6, 6.07) is 0.687. The third-order valence-electron chi connectivity index (χ3n) is 3.26. The minimum atomic E-state index is 0.418. The molecule has 2 unspecified atom stereocenters. The molecule has 0 aromatic rings. The molecule has 0 saturated carbocycles. The summed E-state index contributed by atoms with van der Waals surface area (Å²) >= 11 is 0. The number of piperidine rings is 1. The monoisotopic (exact) mass is 185 g/mol. The van der Waals surface area contributed by atoms with E-state index in [1.54, 1.807) is 0 Å². The van der Waals surface area contributed by atoms with Gasteiger partial charge in [0.1, 0.15) is 0 Å². The molecular formula is C11H23NO. The van der Waals surface area contributed by atoms with Gasteiger partial charge in [-0.2, -0.15) is 0 Å². The van der Waals surface area contributed by atoms with Crippen LogP contribution >= 0.6 is 0 Å². The van der Waals surface area contributed by atoms with Crippen LogP contribution in [0.25, 0.3) is 0 Å². The largest absolute Gasteiger partial charge is 0.381 e. The predicted octanol–water partition coefficient (Wildman–Crippen LogP) is 2.14. The van der Waals surface area contributed by atoms with E-state index in [4.69, 9.17) is 4.74 Å². The summed E-state index contributed by atoms with van der Waals surface area (Å²) in [5.74, 6) is 0.737. The number of rotatable bonds is 3. The Morgan fingerprint density at radius 3 is 2.54 bits per heavy atom.